The van der Waals surface area contributed by atoms with Crippen molar-refractivity contribution in [2.45, 2.75) is 46.1 Å². The third-order valence-electron chi connectivity index (χ3n) is 5.04. The Morgan fingerprint density at radius 3 is 2.44 bits per heavy atom. The van der Waals surface area contributed by atoms with Crippen LogP contribution in [0.5, 0.6) is 0 Å². The highest BCUT2D eigenvalue weighted by Crippen LogP contribution is 2.38. The number of hydrogen-bond acceptors (Lipinski definition) is 4. The predicted molar refractivity (Wildman–Crippen MR) is 96.6 cm³/mol. The molecule has 0 aliphatic carbocycles. The second kappa shape index (κ2) is 6.51. The van der Waals surface area contributed by atoms with Gasteiger partial charge in [0.25, 0.3) is 0 Å². The van der Waals surface area contributed by atoms with Crippen LogP contribution < -0.4 is 0 Å². The van der Waals surface area contributed by atoms with Gasteiger partial charge in [0, 0.05) is 0 Å². The van der Waals surface area contributed by atoms with E-state index < -0.39 is 12.1 Å². The van der Waals surface area contributed by atoms with Crippen molar-refractivity contribution in [2.75, 3.05) is 6.61 Å². The first-order chi connectivity index (χ1) is 11.8. The van der Waals surface area contributed by atoms with Gasteiger partial charge in [-0.15, -0.1) is 0 Å². The van der Waals surface area contributed by atoms with Crippen LogP contribution in [0.25, 0.3) is 10.8 Å². The van der Waals surface area contributed by atoms with Gasteiger partial charge in [-0.3, -0.25) is 4.79 Å². The molecule has 0 aromatic heterocycles. The SMILES string of the molecule is CC(c1ccc(C(=O)OC2COC(=O)C2)c2ccccc12)C(C)(C)C. The molecule has 0 radical (unpaired) electrons. The molecule has 0 bridgehead atoms. The molecule has 3 rings (SSSR count). The van der Waals surface area contributed by atoms with E-state index in [1.54, 1.807) is 0 Å². The van der Waals surface area contributed by atoms with Crippen molar-refractivity contribution in [3.05, 3.63) is 47.5 Å². The Morgan fingerprint density at radius 2 is 1.84 bits per heavy atom. The number of benzene rings is 2. The van der Waals surface area contributed by atoms with Gasteiger partial charge in [0.2, 0.25) is 0 Å². The topological polar surface area (TPSA) is 52.6 Å². The van der Waals surface area contributed by atoms with Crippen molar-refractivity contribution >= 4 is 22.7 Å². The summed E-state index contributed by atoms with van der Waals surface area (Å²) in [6.07, 6.45) is -0.366. The molecule has 4 heteroatoms. The van der Waals surface area contributed by atoms with E-state index in [4.69, 9.17) is 9.47 Å². The van der Waals surface area contributed by atoms with Crippen LogP contribution in [0.2, 0.25) is 0 Å². The summed E-state index contributed by atoms with van der Waals surface area (Å²) < 4.78 is 10.3. The molecule has 2 atom stereocenters. The average Bonchev–Trinajstić information content (AvgIpc) is 2.97. The smallest absolute Gasteiger partial charge is 0.339 e. The number of carbonyl (C=O) groups excluding carboxylic acids is 2. The summed E-state index contributed by atoms with van der Waals surface area (Å²) in [4.78, 5) is 23.8. The van der Waals surface area contributed by atoms with E-state index in [2.05, 4.69) is 27.7 Å². The predicted octanol–water partition coefficient (Wildman–Crippen LogP) is 4.46. The molecular formula is C21H24O4. The highest BCUT2D eigenvalue weighted by molar-refractivity contribution is 6.05. The normalized spacial score (nSPS) is 18.9. The van der Waals surface area contributed by atoms with E-state index in [0.29, 0.717) is 11.5 Å². The zero-order chi connectivity index (χ0) is 18.2. The van der Waals surface area contributed by atoms with Crippen LogP contribution >= 0.6 is 0 Å². The quantitative estimate of drug-likeness (QED) is 0.774. The molecule has 0 amide bonds. The van der Waals surface area contributed by atoms with Gasteiger partial charge in [0.1, 0.15) is 12.7 Å². The Morgan fingerprint density at radius 1 is 1.16 bits per heavy atom. The molecular weight excluding hydrogens is 316 g/mol. The third kappa shape index (κ3) is 3.53. The van der Waals surface area contributed by atoms with Crippen molar-refractivity contribution in [1.82, 2.24) is 0 Å². The Bertz CT molecular complexity index is 816. The van der Waals surface area contributed by atoms with Gasteiger partial charge in [0.05, 0.1) is 12.0 Å². The molecule has 25 heavy (non-hydrogen) atoms. The second-order valence-corrected chi connectivity index (χ2v) is 7.75. The summed E-state index contributed by atoms with van der Waals surface area (Å²) in [5.74, 6) is -0.394. The molecule has 1 fully saturated rings. The molecule has 0 saturated carbocycles. The zero-order valence-corrected chi connectivity index (χ0v) is 15.2. The van der Waals surface area contributed by atoms with Crippen LogP contribution in [0.3, 0.4) is 0 Å². The second-order valence-electron chi connectivity index (χ2n) is 7.75. The monoisotopic (exact) mass is 340 g/mol. The number of rotatable bonds is 3. The van der Waals surface area contributed by atoms with Gasteiger partial charge in [-0.2, -0.15) is 0 Å². The van der Waals surface area contributed by atoms with Gasteiger partial charge in [-0.25, -0.2) is 4.79 Å². The van der Waals surface area contributed by atoms with Crippen LogP contribution in [-0.2, 0) is 14.3 Å². The zero-order valence-electron chi connectivity index (χ0n) is 15.2. The highest BCUT2D eigenvalue weighted by Gasteiger charge is 2.29. The van der Waals surface area contributed by atoms with E-state index in [9.17, 15) is 9.59 Å². The molecule has 1 aliphatic rings. The maximum absolute atomic E-state index is 12.6. The first-order valence-corrected chi connectivity index (χ1v) is 8.65. The van der Waals surface area contributed by atoms with E-state index in [1.807, 2.05) is 36.4 Å². The number of esters is 2. The minimum absolute atomic E-state index is 0.117. The maximum atomic E-state index is 12.6. The van der Waals surface area contributed by atoms with Crippen molar-refractivity contribution in [3.8, 4) is 0 Å². The van der Waals surface area contributed by atoms with Crippen LogP contribution in [0.4, 0.5) is 0 Å². The number of cyclic esters (lactones) is 1. The lowest BCUT2D eigenvalue weighted by Crippen LogP contribution is -2.19. The van der Waals surface area contributed by atoms with Gasteiger partial charge < -0.3 is 9.47 Å². The van der Waals surface area contributed by atoms with Crippen LogP contribution in [0.1, 0.15) is 56.0 Å². The Balaban J connectivity index is 1.98. The molecule has 2 aromatic rings. The van der Waals surface area contributed by atoms with Crippen LogP contribution in [-0.4, -0.2) is 24.6 Å². The first kappa shape index (κ1) is 17.5. The fourth-order valence-corrected chi connectivity index (χ4v) is 3.12. The summed E-state index contributed by atoms with van der Waals surface area (Å²) in [6, 6.07) is 11.8. The summed E-state index contributed by atoms with van der Waals surface area (Å²) in [5, 5.41) is 1.95. The number of ether oxygens (including phenoxy) is 2. The molecule has 1 aliphatic heterocycles. The molecule has 0 spiro atoms. The Kier molecular flexibility index (Phi) is 4.55. The standard InChI is InChI=1S/C21H24O4/c1-13(21(2,3)4)15-9-10-18(17-8-6-5-7-16(15)17)20(23)25-14-11-19(22)24-12-14/h5-10,13-14H,11-12H2,1-4H3. The fourth-order valence-electron chi connectivity index (χ4n) is 3.12. The molecule has 2 unspecified atom stereocenters. The summed E-state index contributed by atoms with van der Waals surface area (Å²) in [5.41, 5.74) is 1.87. The van der Waals surface area contributed by atoms with Gasteiger partial charge in [-0.1, -0.05) is 58.0 Å². The number of hydrogen-bond donors (Lipinski definition) is 0. The molecule has 132 valence electrons. The van der Waals surface area contributed by atoms with Crippen molar-refractivity contribution in [2.24, 2.45) is 5.41 Å². The van der Waals surface area contributed by atoms with E-state index in [1.165, 1.54) is 5.56 Å². The largest absolute Gasteiger partial charge is 0.462 e. The lowest BCUT2D eigenvalue weighted by atomic mass is 9.76. The minimum Gasteiger partial charge on any atom is -0.462 e. The van der Waals surface area contributed by atoms with Crippen LogP contribution in [0, 0.1) is 5.41 Å². The van der Waals surface area contributed by atoms with Crippen molar-refractivity contribution in [1.29, 1.82) is 0 Å². The molecule has 4 nitrogen and oxygen atoms in total. The lowest BCUT2D eigenvalue weighted by molar-refractivity contribution is -0.137. The van der Waals surface area contributed by atoms with Gasteiger partial charge in [-0.05, 0) is 33.7 Å². The van der Waals surface area contributed by atoms with E-state index >= 15 is 0 Å². The Labute approximate surface area is 148 Å². The molecule has 1 heterocycles. The Hall–Kier alpha value is -2.36. The summed E-state index contributed by atoms with van der Waals surface area (Å²) >= 11 is 0. The third-order valence-corrected chi connectivity index (χ3v) is 5.04. The average molecular weight is 340 g/mol. The molecule has 1 saturated heterocycles. The molecule has 2 aromatic carbocycles. The lowest BCUT2D eigenvalue weighted by Gasteiger charge is -2.29. The summed E-state index contributed by atoms with van der Waals surface area (Å²) in [6.45, 7) is 8.99. The van der Waals surface area contributed by atoms with Crippen molar-refractivity contribution in [3.63, 3.8) is 0 Å². The number of carbonyl (C=O) groups is 2. The highest BCUT2D eigenvalue weighted by atomic mass is 16.6. The van der Waals surface area contributed by atoms with Gasteiger partial charge in [0.15, 0.2) is 0 Å². The number of fused-ring (bicyclic) bond motifs is 1. The van der Waals surface area contributed by atoms with Crippen molar-refractivity contribution < 1.29 is 19.1 Å². The minimum atomic E-state index is -0.494. The first-order valence-electron chi connectivity index (χ1n) is 8.65. The summed E-state index contributed by atoms with van der Waals surface area (Å²) in [7, 11) is 0. The van der Waals surface area contributed by atoms with Crippen LogP contribution in [0.15, 0.2) is 36.4 Å². The van der Waals surface area contributed by atoms with E-state index in [-0.39, 0.29) is 24.4 Å². The maximum Gasteiger partial charge on any atom is 0.339 e. The van der Waals surface area contributed by atoms with Gasteiger partial charge >= 0.3 is 11.9 Å². The fraction of sp³-hybridized carbons (Fsp3) is 0.429. The van der Waals surface area contributed by atoms with E-state index in [0.717, 1.165) is 10.8 Å². The molecule has 0 N–H and O–H groups in total.